The van der Waals surface area contributed by atoms with Gasteiger partial charge in [-0.1, -0.05) is 39.5 Å². The fourth-order valence-corrected chi connectivity index (χ4v) is 3.49. The van der Waals surface area contributed by atoms with E-state index in [-0.39, 0.29) is 0 Å². The molecule has 0 unspecified atom stereocenters. The number of rotatable bonds is 6. The summed E-state index contributed by atoms with van der Waals surface area (Å²) < 4.78 is 0. The summed E-state index contributed by atoms with van der Waals surface area (Å²) in [5.74, 6) is 0.0704. The molecule has 2 saturated carbocycles. The van der Waals surface area contributed by atoms with E-state index in [2.05, 4.69) is 18.7 Å². The Morgan fingerprint density at radius 3 is 2.21 bits per heavy atom. The molecule has 0 aromatic rings. The van der Waals surface area contributed by atoms with Gasteiger partial charge in [0.15, 0.2) is 0 Å². The van der Waals surface area contributed by atoms with Gasteiger partial charge >= 0.3 is 5.97 Å². The van der Waals surface area contributed by atoms with Crippen molar-refractivity contribution in [2.75, 3.05) is 13.1 Å². The zero-order valence-electron chi connectivity index (χ0n) is 12.5. The molecule has 2 aliphatic carbocycles. The summed E-state index contributed by atoms with van der Waals surface area (Å²) in [6.45, 7) is 6.30. The van der Waals surface area contributed by atoms with Crippen molar-refractivity contribution in [3.05, 3.63) is 0 Å². The van der Waals surface area contributed by atoms with Crippen molar-refractivity contribution in [3.63, 3.8) is 0 Å². The van der Waals surface area contributed by atoms with Gasteiger partial charge in [0, 0.05) is 19.1 Å². The Labute approximate surface area is 117 Å². The summed E-state index contributed by atoms with van der Waals surface area (Å²) in [4.78, 5) is 14.3. The van der Waals surface area contributed by atoms with Gasteiger partial charge in [0.25, 0.3) is 0 Å². The summed E-state index contributed by atoms with van der Waals surface area (Å²) in [6.07, 6.45) is 8.89. The fraction of sp³-hybridized carbons (Fsp3) is 0.938. The van der Waals surface area contributed by atoms with Crippen molar-refractivity contribution in [2.24, 2.45) is 11.3 Å². The molecule has 0 atom stereocenters. The van der Waals surface area contributed by atoms with E-state index in [1.54, 1.807) is 0 Å². The molecule has 0 heterocycles. The van der Waals surface area contributed by atoms with Crippen molar-refractivity contribution in [1.82, 2.24) is 4.90 Å². The average molecular weight is 267 g/mol. The Morgan fingerprint density at radius 1 is 1.21 bits per heavy atom. The van der Waals surface area contributed by atoms with Crippen LogP contribution in [0.25, 0.3) is 0 Å². The van der Waals surface area contributed by atoms with Crippen LogP contribution in [-0.2, 0) is 4.79 Å². The molecule has 2 aliphatic rings. The number of aliphatic carboxylic acids is 1. The lowest BCUT2D eigenvalue weighted by molar-refractivity contribution is -0.151. The van der Waals surface area contributed by atoms with Gasteiger partial charge in [0.1, 0.15) is 0 Å². The van der Waals surface area contributed by atoms with Crippen LogP contribution in [0.3, 0.4) is 0 Å². The minimum absolute atomic E-state index is 0.464. The minimum atomic E-state index is -0.552. The number of nitrogens with zero attached hydrogens (tertiary/aromatic N) is 1. The molecular weight excluding hydrogens is 238 g/mol. The second-order valence-electron chi connectivity index (χ2n) is 7.05. The molecule has 0 aromatic carbocycles. The van der Waals surface area contributed by atoms with Crippen LogP contribution in [0.5, 0.6) is 0 Å². The minimum Gasteiger partial charge on any atom is -0.481 e. The van der Waals surface area contributed by atoms with E-state index >= 15 is 0 Å². The van der Waals surface area contributed by atoms with E-state index in [1.165, 1.54) is 25.7 Å². The molecule has 0 aromatic heterocycles. The Balaban J connectivity index is 2.06. The highest BCUT2D eigenvalue weighted by molar-refractivity contribution is 5.75. The van der Waals surface area contributed by atoms with Crippen LogP contribution in [0.15, 0.2) is 0 Å². The van der Waals surface area contributed by atoms with Gasteiger partial charge in [0.2, 0.25) is 0 Å². The van der Waals surface area contributed by atoms with Gasteiger partial charge in [-0.05, 0) is 31.6 Å². The van der Waals surface area contributed by atoms with Crippen molar-refractivity contribution >= 4 is 5.97 Å². The molecule has 0 amide bonds. The van der Waals surface area contributed by atoms with Gasteiger partial charge in [-0.25, -0.2) is 0 Å². The summed E-state index contributed by atoms with van der Waals surface area (Å²) in [5, 5.41) is 9.77. The van der Waals surface area contributed by atoms with Crippen LogP contribution in [0.4, 0.5) is 0 Å². The Morgan fingerprint density at radius 2 is 1.79 bits per heavy atom. The number of hydrogen-bond acceptors (Lipinski definition) is 2. The summed E-state index contributed by atoms with van der Waals surface area (Å²) in [7, 11) is 0. The molecule has 0 spiro atoms. The lowest BCUT2D eigenvalue weighted by Crippen LogP contribution is -2.45. The zero-order valence-corrected chi connectivity index (χ0v) is 12.5. The summed E-state index contributed by atoms with van der Waals surface area (Å²) >= 11 is 0. The predicted molar refractivity (Wildman–Crippen MR) is 77.2 cm³/mol. The number of hydrogen-bond donors (Lipinski definition) is 1. The molecule has 0 aliphatic heterocycles. The normalized spacial score (nSPS) is 23.6. The maximum Gasteiger partial charge on any atom is 0.310 e. The van der Waals surface area contributed by atoms with Crippen LogP contribution in [0, 0.1) is 11.3 Å². The predicted octanol–water partition coefficient (Wildman–Crippen LogP) is 3.53. The molecule has 2 rings (SSSR count). The topological polar surface area (TPSA) is 40.5 Å². The highest BCUT2D eigenvalue weighted by Crippen LogP contribution is 2.39. The first-order chi connectivity index (χ1) is 9.03. The Hall–Kier alpha value is -0.570. The molecule has 0 saturated heterocycles. The smallest absolute Gasteiger partial charge is 0.310 e. The number of carboxylic acid groups (broad SMARTS) is 1. The second-order valence-corrected chi connectivity index (χ2v) is 7.05. The standard InChI is InChI=1S/C16H29NO2/c1-13(2)11-17(14-7-8-14)12-16(15(18)19)9-5-3-4-6-10-16/h13-14H,3-12H2,1-2H3,(H,18,19). The zero-order chi connectivity index (χ0) is 13.9. The maximum absolute atomic E-state index is 11.9. The molecule has 0 radical (unpaired) electrons. The lowest BCUT2D eigenvalue weighted by Gasteiger charge is -2.35. The molecular formula is C16H29NO2. The SMILES string of the molecule is CC(C)CN(CC1(C(=O)O)CCCCCC1)C1CC1. The van der Waals surface area contributed by atoms with Gasteiger partial charge in [-0.3, -0.25) is 9.69 Å². The monoisotopic (exact) mass is 267 g/mol. The molecule has 3 nitrogen and oxygen atoms in total. The quantitative estimate of drug-likeness (QED) is 0.748. The summed E-state index contributed by atoms with van der Waals surface area (Å²) in [5.41, 5.74) is -0.464. The van der Waals surface area contributed by atoms with E-state index in [1.807, 2.05) is 0 Å². The third kappa shape index (κ3) is 3.95. The van der Waals surface area contributed by atoms with E-state index in [4.69, 9.17) is 0 Å². The van der Waals surface area contributed by atoms with E-state index in [0.29, 0.717) is 12.0 Å². The number of carboxylic acids is 1. The largest absolute Gasteiger partial charge is 0.481 e. The molecule has 2 fully saturated rings. The first kappa shape index (κ1) is 14.8. The first-order valence-corrected chi connectivity index (χ1v) is 8.01. The van der Waals surface area contributed by atoms with Crippen molar-refractivity contribution < 1.29 is 9.90 Å². The highest BCUT2D eigenvalue weighted by Gasteiger charge is 2.43. The maximum atomic E-state index is 11.9. The summed E-state index contributed by atoms with van der Waals surface area (Å²) in [6, 6.07) is 0.668. The van der Waals surface area contributed by atoms with Gasteiger partial charge in [-0.15, -0.1) is 0 Å². The second kappa shape index (κ2) is 6.25. The third-order valence-electron chi connectivity index (χ3n) is 4.68. The van der Waals surface area contributed by atoms with E-state index in [9.17, 15) is 9.90 Å². The third-order valence-corrected chi connectivity index (χ3v) is 4.68. The van der Waals surface area contributed by atoms with Crippen LogP contribution < -0.4 is 0 Å². The molecule has 110 valence electrons. The van der Waals surface area contributed by atoms with E-state index < -0.39 is 11.4 Å². The molecule has 3 heteroatoms. The van der Waals surface area contributed by atoms with Gasteiger partial charge in [0.05, 0.1) is 5.41 Å². The van der Waals surface area contributed by atoms with Crippen LogP contribution in [0.1, 0.15) is 65.2 Å². The average Bonchev–Trinajstić information content (AvgIpc) is 3.15. The van der Waals surface area contributed by atoms with Crippen molar-refractivity contribution in [3.8, 4) is 0 Å². The fourth-order valence-electron chi connectivity index (χ4n) is 3.49. The van der Waals surface area contributed by atoms with Crippen LogP contribution in [-0.4, -0.2) is 35.1 Å². The van der Waals surface area contributed by atoms with Crippen molar-refractivity contribution in [2.45, 2.75) is 71.3 Å². The molecule has 19 heavy (non-hydrogen) atoms. The lowest BCUT2D eigenvalue weighted by atomic mass is 9.79. The molecule has 1 N–H and O–H groups in total. The van der Waals surface area contributed by atoms with Gasteiger partial charge < -0.3 is 5.11 Å². The Kier molecular flexibility index (Phi) is 4.88. The Bertz CT molecular complexity index is 302. The number of carbonyl (C=O) groups is 1. The first-order valence-electron chi connectivity index (χ1n) is 8.01. The van der Waals surface area contributed by atoms with Crippen LogP contribution >= 0.6 is 0 Å². The van der Waals surface area contributed by atoms with Crippen molar-refractivity contribution in [1.29, 1.82) is 0 Å². The van der Waals surface area contributed by atoms with E-state index in [0.717, 1.165) is 38.8 Å². The van der Waals surface area contributed by atoms with Gasteiger partial charge in [-0.2, -0.15) is 0 Å². The van der Waals surface area contributed by atoms with Crippen LogP contribution in [0.2, 0.25) is 0 Å². The molecule has 0 bridgehead atoms. The highest BCUT2D eigenvalue weighted by atomic mass is 16.4.